The van der Waals surface area contributed by atoms with Crippen molar-refractivity contribution in [2.24, 2.45) is 0 Å². The normalized spacial score (nSPS) is 14.3. The fraction of sp³-hybridized carbons (Fsp3) is 0.400. The van der Waals surface area contributed by atoms with E-state index in [0.29, 0.717) is 21.5 Å². The molecule has 23 heavy (non-hydrogen) atoms. The van der Waals surface area contributed by atoms with Gasteiger partial charge in [0.2, 0.25) is 0 Å². The van der Waals surface area contributed by atoms with E-state index in [-0.39, 0.29) is 5.92 Å². The van der Waals surface area contributed by atoms with Crippen LogP contribution in [-0.4, -0.2) is 5.11 Å². The molecule has 0 aliphatic rings. The molecule has 2 aromatic rings. The Balaban J connectivity index is 2.47. The van der Waals surface area contributed by atoms with Gasteiger partial charge in [0, 0.05) is 10.0 Å². The predicted octanol–water partition coefficient (Wildman–Crippen LogP) is 6.50. The zero-order valence-corrected chi connectivity index (χ0v) is 15.8. The number of hydrogen-bond donors (Lipinski definition) is 1. The molecule has 1 unspecified atom stereocenters. The van der Waals surface area contributed by atoms with E-state index in [1.165, 1.54) is 5.56 Å². The molecule has 0 saturated heterocycles. The Bertz CT molecular complexity index is 662. The van der Waals surface area contributed by atoms with Crippen LogP contribution in [0.5, 0.6) is 0 Å². The number of rotatable bonds is 4. The Morgan fingerprint density at radius 2 is 1.30 bits per heavy atom. The molecule has 0 spiro atoms. The van der Waals surface area contributed by atoms with Crippen LogP contribution >= 0.6 is 23.2 Å². The molecule has 1 N–H and O–H groups in total. The summed E-state index contributed by atoms with van der Waals surface area (Å²) in [6.45, 7) is 10.2. The Hall–Kier alpha value is -1.02. The largest absolute Gasteiger partial charge is 0.381 e. The van der Waals surface area contributed by atoms with Crippen LogP contribution in [0.2, 0.25) is 10.0 Å². The molecule has 1 nitrogen and oxygen atoms in total. The topological polar surface area (TPSA) is 20.2 Å². The van der Waals surface area contributed by atoms with Crippen LogP contribution in [0.1, 0.15) is 68.7 Å². The molecule has 0 aromatic heterocycles. The predicted molar refractivity (Wildman–Crippen MR) is 99.8 cm³/mol. The first-order valence-corrected chi connectivity index (χ1v) is 8.72. The molecule has 0 amide bonds. The minimum Gasteiger partial charge on any atom is -0.381 e. The quantitative estimate of drug-likeness (QED) is 0.667. The van der Waals surface area contributed by atoms with E-state index in [2.05, 4.69) is 39.8 Å². The SMILES string of the molecule is CC(C)c1ccc(C(C)(O)c2cc(Cl)c(C(C)C)c(Cl)c2)cc1. The van der Waals surface area contributed by atoms with Crippen molar-refractivity contribution in [3.8, 4) is 0 Å². The molecule has 0 fully saturated rings. The first-order valence-electron chi connectivity index (χ1n) is 7.96. The average molecular weight is 351 g/mol. The van der Waals surface area contributed by atoms with Crippen molar-refractivity contribution < 1.29 is 5.11 Å². The lowest BCUT2D eigenvalue weighted by atomic mass is 9.86. The smallest absolute Gasteiger partial charge is 0.112 e. The number of aliphatic hydroxyl groups is 1. The minimum atomic E-state index is -1.14. The Labute approximate surface area is 149 Å². The van der Waals surface area contributed by atoms with Gasteiger partial charge in [-0.25, -0.2) is 0 Å². The molecule has 0 saturated carbocycles. The monoisotopic (exact) mass is 350 g/mol. The lowest BCUT2D eigenvalue weighted by Gasteiger charge is -2.26. The summed E-state index contributed by atoms with van der Waals surface area (Å²) >= 11 is 12.8. The number of benzene rings is 2. The van der Waals surface area contributed by atoms with Crippen molar-refractivity contribution >= 4 is 23.2 Å². The maximum atomic E-state index is 11.0. The third kappa shape index (κ3) is 3.74. The van der Waals surface area contributed by atoms with Crippen molar-refractivity contribution in [3.63, 3.8) is 0 Å². The van der Waals surface area contributed by atoms with Gasteiger partial charge in [0.25, 0.3) is 0 Å². The van der Waals surface area contributed by atoms with Gasteiger partial charge in [0.15, 0.2) is 0 Å². The molecular formula is C20H24Cl2O. The van der Waals surface area contributed by atoms with Crippen LogP contribution in [0.25, 0.3) is 0 Å². The fourth-order valence-electron chi connectivity index (χ4n) is 2.78. The number of hydrogen-bond acceptors (Lipinski definition) is 1. The van der Waals surface area contributed by atoms with Crippen molar-refractivity contribution in [2.75, 3.05) is 0 Å². The second-order valence-corrected chi connectivity index (χ2v) is 7.67. The van der Waals surface area contributed by atoms with Gasteiger partial charge in [-0.15, -0.1) is 0 Å². The molecule has 0 heterocycles. The zero-order chi connectivity index (χ0) is 17.4. The molecule has 3 heteroatoms. The van der Waals surface area contributed by atoms with Gasteiger partial charge >= 0.3 is 0 Å². The van der Waals surface area contributed by atoms with E-state index in [1.54, 1.807) is 6.92 Å². The van der Waals surface area contributed by atoms with Crippen molar-refractivity contribution in [2.45, 2.75) is 52.1 Å². The minimum absolute atomic E-state index is 0.235. The summed E-state index contributed by atoms with van der Waals surface area (Å²) in [5, 5.41) is 12.2. The summed E-state index contributed by atoms with van der Waals surface area (Å²) < 4.78 is 0. The van der Waals surface area contributed by atoms with Crippen molar-refractivity contribution in [1.82, 2.24) is 0 Å². The van der Waals surface area contributed by atoms with Gasteiger partial charge in [-0.2, -0.15) is 0 Å². The standard InChI is InChI=1S/C20H24Cl2O/c1-12(2)14-6-8-15(9-7-14)20(5,23)16-10-17(21)19(13(3)4)18(22)11-16/h6-13,23H,1-5H3. The fourth-order valence-corrected chi connectivity index (χ4v) is 3.70. The third-order valence-corrected chi connectivity index (χ3v) is 4.98. The van der Waals surface area contributed by atoms with Gasteiger partial charge in [-0.3, -0.25) is 0 Å². The van der Waals surface area contributed by atoms with E-state index >= 15 is 0 Å². The highest BCUT2D eigenvalue weighted by atomic mass is 35.5. The second-order valence-electron chi connectivity index (χ2n) is 6.86. The molecular weight excluding hydrogens is 327 g/mol. The highest BCUT2D eigenvalue weighted by Crippen LogP contribution is 2.38. The van der Waals surface area contributed by atoms with Gasteiger partial charge in [-0.1, -0.05) is 75.2 Å². The first-order chi connectivity index (χ1) is 10.6. The summed E-state index contributed by atoms with van der Waals surface area (Å²) in [6, 6.07) is 11.7. The zero-order valence-electron chi connectivity index (χ0n) is 14.3. The molecule has 1 atom stereocenters. The summed E-state index contributed by atoms with van der Waals surface area (Å²) in [5.41, 5.74) is 2.55. The van der Waals surface area contributed by atoms with Crippen LogP contribution in [0.3, 0.4) is 0 Å². The van der Waals surface area contributed by atoms with Gasteiger partial charge in [0.1, 0.15) is 5.60 Å². The summed E-state index contributed by atoms with van der Waals surface area (Å²) in [4.78, 5) is 0. The van der Waals surface area contributed by atoms with Gasteiger partial charge < -0.3 is 5.11 Å². The molecule has 0 aliphatic carbocycles. The van der Waals surface area contributed by atoms with E-state index in [9.17, 15) is 5.11 Å². The maximum Gasteiger partial charge on any atom is 0.112 e. The third-order valence-electron chi connectivity index (χ3n) is 4.36. The maximum absolute atomic E-state index is 11.0. The first kappa shape index (κ1) is 18.3. The van der Waals surface area contributed by atoms with Crippen molar-refractivity contribution in [3.05, 3.63) is 68.7 Å². The van der Waals surface area contributed by atoms with Crippen LogP contribution < -0.4 is 0 Å². The van der Waals surface area contributed by atoms with E-state index in [1.807, 2.05) is 24.3 Å². The lowest BCUT2D eigenvalue weighted by molar-refractivity contribution is 0.102. The second kappa shape index (κ2) is 6.84. The molecule has 0 bridgehead atoms. The summed E-state index contributed by atoms with van der Waals surface area (Å²) in [5.74, 6) is 0.697. The van der Waals surface area contributed by atoms with E-state index < -0.39 is 5.60 Å². The van der Waals surface area contributed by atoms with Crippen molar-refractivity contribution in [1.29, 1.82) is 0 Å². The molecule has 0 aliphatic heterocycles. The van der Waals surface area contributed by atoms with Crippen LogP contribution in [0, 0.1) is 0 Å². The van der Waals surface area contributed by atoms with Crippen LogP contribution in [0.15, 0.2) is 36.4 Å². The molecule has 0 radical (unpaired) electrons. The van der Waals surface area contributed by atoms with E-state index in [4.69, 9.17) is 23.2 Å². The summed E-state index contributed by atoms with van der Waals surface area (Å²) in [7, 11) is 0. The summed E-state index contributed by atoms with van der Waals surface area (Å²) in [6.07, 6.45) is 0. The Morgan fingerprint density at radius 3 is 1.70 bits per heavy atom. The van der Waals surface area contributed by atoms with Gasteiger partial charge in [-0.05, 0) is 53.1 Å². The van der Waals surface area contributed by atoms with E-state index in [0.717, 1.165) is 11.1 Å². The highest BCUT2D eigenvalue weighted by molar-refractivity contribution is 6.36. The van der Waals surface area contributed by atoms with Gasteiger partial charge in [0.05, 0.1) is 0 Å². The molecule has 2 rings (SSSR count). The van der Waals surface area contributed by atoms with Crippen LogP contribution in [0.4, 0.5) is 0 Å². The number of halogens is 2. The highest BCUT2D eigenvalue weighted by Gasteiger charge is 2.27. The Kier molecular flexibility index (Phi) is 5.45. The molecule has 2 aromatic carbocycles. The lowest BCUT2D eigenvalue weighted by Crippen LogP contribution is -2.23. The Morgan fingerprint density at radius 1 is 0.826 bits per heavy atom. The molecule has 124 valence electrons. The average Bonchev–Trinajstić information content (AvgIpc) is 2.46. The van der Waals surface area contributed by atoms with Crippen LogP contribution in [-0.2, 0) is 5.60 Å².